The minimum atomic E-state index is -3.12. The molecule has 0 spiro atoms. The van der Waals surface area contributed by atoms with Crippen molar-refractivity contribution in [2.45, 2.75) is 32.7 Å². The van der Waals surface area contributed by atoms with Crippen molar-refractivity contribution in [1.29, 1.82) is 0 Å². The Hall–Kier alpha value is -0.130. The predicted molar refractivity (Wildman–Crippen MR) is 55.0 cm³/mol. The summed E-state index contributed by atoms with van der Waals surface area (Å²) in [5.41, 5.74) is 5.22. The van der Waals surface area contributed by atoms with Gasteiger partial charge in [0.15, 0.2) is 0 Å². The third-order valence-corrected chi connectivity index (χ3v) is 4.13. The summed E-state index contributed by atoms with van der Waals surface area (Å²) in [7, 11) is -1.51. The summed E-state index contributed by atoms with van der Waals surface area (Å²) in [6, 6.07) is 0.0709. The fourth-order valence-corrected chi connectivity index (χ4v) is 2.41. The molecular formula is C8H20N2O2S. The molecule has 2 N–H and O–H groups in total. The molecule has 0 bridgehead atoms. The lowest BCUT2D eigenvalue weighted by molar-refractivity contribution is 0.369. The highest BCUT2D eigenvalue weighted by Gasteiger charge is 2.21. The standard InChI is InChI=1S/C8H20N2O2S/c1-4-5-8(2)10(3)13(11,12)7-6-9/h8H,4-7,9H2,1-3H3. The molecule has 4 nitrogen and oxygen atoms in total. The van der Waals surface area contributed by atoms with E-state index in [4.69, 9.17) is 5.73 Å². The van der Waals surface area contributed by atoms with Gasteiger partial charge in [0.25, 0.3) is 0 Å². The van der Waals surface area contributed by atoms with Gasteiger partial charge in [-0.2, -0.15) is 0 Å². The predicted octanol–water partition coefficient (Wildman–Crippen LogP) is 0.395. The van der Waals surface area contributed by atoms with Crippen molar-refractivity contribution in [3.8, 4) is 0 Å². The maximum absolute atomic E-state index is 11.5. The van der Waals surface area contributed by atoms with Gasteiger partial charge >= 0.3 is 0 Å². The Balaban J connectivity index is 4.31. The average molecular weight is 208 g/mol. The normalized spacial score (nSPS) is 14.8. The highest BCUT2D eigenvalue weighted by Crippen LogP contribution is 2.08. The van der Waals surface area contributed by atoms with Crippen LogP contribution in [-0.2, 0) is 10.0 Å². The van der Waals surface area contributed by atoms with E-state index in [9.17, 15) is 8.42 Å². The maximum atomic E-state index is 11.5. The molecule has 0 heterocycles. The third kappa shape index (κ3) is 4.06. The summed E-state index contributed by atoms with van der Waals surface area (Å²) < 4.78 is 24.4. The number of nitrogens with two attached hydrogens (primary N) is 1. The molecule has 0 radical (unpaired) electrons. The Bertz CT molecular complexity index is 226. The van der Waals surface area contributed by atoms with Gasteiger partial charge in [-0.15, -0.1) is 0 Å². The van der Waals surface area contributed by atoms with Crippen LogP contribution in [0.4, 0.5) is 0 Å². The van der Waals surface area contributed by atoms with E-state index < -0.39 is 10.0 Å². The minimum Gasteiger partial charge on any atom is -0.329 e. The van der Waals surface area contributed by atoms with Crippen LogP contribution in [0.2, 0.25) is 0 Å². The molecule has 0 aromatic carbocycles. The maximum Gasteiger partial charge on any atom is 0.215 e. The second kappa shape index (κ2) is 5.57. The first-order valence-corrected chi connectivity index (χ1v) is 6.22. The van der Waals surface area contributed by atoms with Crippen LogP contribution < -0.4 is 5.73 Å². The van der Waals surface area contributed by atoms with Crippen molar-refractivity contribution >= 4 is 10.0 Å². The van der Waals surface area contributed by atoms with E-state index in [0.717, 1.165) is 12.8 Å². The van der Waals surface area contributed by atoms with E-state index in [1.165, 1.54) is 4.31 Å². The van der Waals surface area contributed by atoms with Crippen molar-refractivity contribution in [1.82, 2.24) is 4.31 Å². The highest BCUT2D eigenvalue weighted by atomic mass is 32.2. The molecule has 0 rings (SSSR count). The molecule has 1 atom stereocenters. The number of hydrogen-bond acceptors (Lipinski definition) is 3. The molecule has 0 aromatic rings. The van der Waals surface area contributed by atoms with Crippen LogP contribution in [0.3, 0.4) is 0 Å². The zero-order chi connectivity index (χ0) is 10.5. The van der Waals surface area contributed by atoms with E-state index in [1.807, 2.05) is 13.8 Å². The molecule has 0 aliphatic carbocycles. The summed E-state index contributed by atoms with van der Waals surface area (Å²) >= 11 is 0. The molecule has 1 unspecified atom stereocenters. The topological polar surface area (TPSA) is 63.4 Å². The van der Waals surface area contributed by atoms with Gasteiger partial charge in [-0.1, -0.05) is 13.3 Å². The Kier molecular flexibility index (Phi) is 5.51. The molecule has 0 fully saturated rings. The Morgan fingerprint density at radius 1 is 1.46 bits per heavy atom. The SMILES string of the molecule is CCCC(C)N(C)S(=O)(=O)CCN. The largest absolute Gasteiger partial charge is 0.329 e. The summed E-state index contributed by atoms with van der Waals surface area (Å²) in [4.78, 5) is 0. The smallest absolute Gasteiger partial charge is 0.215 e. The van der Waals surface area contributed by atoms with E-state index in [2.05, 4.69) is 0 Å². The van der Waals surface area contributed by atoms with Crippen molar-refractivity contribution in [3.63, 3.8) is 0 Å². The number of rotatable bonds is 6. The van der Waals surface area contributed by atoms with Crippen molar-refractivity contribution in [2.24, 2.45) is 5.73 Å². The zero-order valence-corrected chi connectivity index (χ0v) is 9.47. The van der Waals surface area contributed by atoms with Crippen molar-refractivity contribution in [3.05, 3.63) is 0 Å². The quantitative estimate of drug-likeness (QED) is 0.687. The lowest BCUT2D eigenvalue weighted by Crippen LogP contribution is -2.38. The summed E-state index contributed by atoms with van der Waals surface area (Å²) in [5, 5.41) is 0. The van der Waals surface area contributed by atoms with E-state index >= 15 is 0 Å². The molecule has 0 saturated heterocycles. The third-order valence-electron chi connectivity index (χ3n) is 2.14. The van der Waals surface area contributed by atoms with E-state index in [-0.39, 0.29) is 18.3 Å². The number of hydrogen-bond donors (Lipinski definition) is 1. The first-order valence-electron chi connectivity index (χ1n) is 4.61. The zero-order valence-electron chi connectivity index (χ0n) is 8.66. The van der Waals surface area contributed by atoms with Gasteiger partial charge in [-0.05, 0) is 13.3 Å². The van der Waals surface area contributed by atoms with E-state index in [0.29, 0.717) is 0 Å². The van der Waals surface area contributed by atoms with Crippen LogP contribution >= 0.6 is 0 Å². The minimum absolute atomic E-state index is 0.0392. The molecule has 0 aromatic heterocycles. The first kappa shape index (κ1) is 12.9. The Morgan fingerprint density at radius 3 is 2.38 bits per heavy atom. The van der Waals surface area contributed by atoms with Gasteiger partial charge in [0.1, 0.15) is 0 Å². The van der Waals surface area contributed by atoms with Crippen molar-refractivity contribution in [2.75, 3.05) is 19.3 Å². The first-order chi connectivity index (χ1) is 5.95. The molecule has 5 heteroatoms. The Morgan fingerprint density at radius 2 is 2.00 bits per heavy atom. The monoisotopic (exact) mass is 208 g/mol. The highest BCUT2D eigenvalue weighted by molar-refractivity contribution is 7.89. The second-order valence-electron chi connectivity index (χ2n) is 3.26. The molecule has 0 aliphatic rings. The van der Waals surface area contributed by atoms with Gasteiger partial charge < -0.3 is 5.73 Å². The van der Waals surface area contributed by atoms with E-state index in [1.54, 1.807) is 7.05 Å². The van der Waals surface area contributed by atoms with Gasteiger partial charge in [0, 0.05) is 19.6 Å². The van der Waals surface area contributed by atoms with Crippen LogP contribution in [0.5, 0.6) is 0 Å². The van der Waals surface area contributed by atoms with Gasteiger partial charge in [0.2, 0.25) is 10.0 Å². The lowest BCUT2D eigenvalue weighted by atomic mass is 10.2. The average Bonchev–Trinajstić information content (AvgIpc) is 2.03. The van der Waals surface area contributed by atoms with Gasteiger partial charge in [0.05, 0.1) is 5.75 Å². The fraction of sp³-hybridized carbons (Fsp3) is 1.00. The number of nitrogens with zero attached hydrogens (tertiary/aromatic N) is 1. The molecule has 0 saturated carbocycles. The van der Waals surface area contributed by atoms with Gasteiger partial charge in [-0.25, -0.2) is 12.7 Å². The van der Waals surface area contributed by atoms with Crippen molar-refractivity contribution < 1.29 is 8.42 Å². The van der Waals surface area contributed by atoms with Crippen LogP contribution in [-0.4, -0.2) is 38.1 Å². The molecular weight excluding hydrogens is 188 g/mol. The summed E-state index contributed by atoms with van der Waals surface area (Å²) in [6.07, 6.45) is 1.88. The van der Waals surface area contributed by atoms with Crippen LogP contribution in [0.25, 0.3) is 0 Å². The fourth-order valence-electron chi connectivity index (χ4n) is 1.17. The van der Waals surface area contributed by atoms with Crippen LogP contribution in [0.15, 0.2) is 0 Å². The van der Waals surface area contributed by atoms with Crippen LogP contribution in [0.1, 0.15) is 26.7 Å². The lowest BCUT2D eigenvalue weighted by Gasteiger charge is -2.23. The van der Waals surface area contributed by atoms with Crippen LogP contribution in [0, 0.1) is 0 Å². The molecule has 80 valence electrons. The molecule has 13 heavy (non-hydrogen) atoms. The number of sulfonamides is 1. The summed E-state index contributed by atoms with van der Waals surface area (Å²) in [5.74, 6) is 0.0392. The molecule has 0 amide bonds. The second-order valence-corrected chi connectivity index (χ2v) is 5.41. The van der Waals surface area contributed by atoms with Gasteiger partial charge in [-0.3, -0.25) is 0 Å². The Labute approximate surface area is 81.2 Å². The summed E-state index contributed by atoms with van der Waals surface area (Å²) in [6.45, 7) is 4.14. The molecule has 0 aliphatic heterocycles.